The first-order valence-electron chi connectivity index (χ1n) is 7.66. The summed E-state index contributed by atoms with van der Waals surface area (Å²) in [7, 11) is 2.26. The number of rotatable bonds is 5. The highest BCUT2D eigenvalue weighted by atomic mass is 15.2. The normalized spacial score (nSPS) is 19.2. The van der Waals surface area contributed by atoms with Gasteiger partial charge in [0.2, 0.25) is 0 Å². The third-order valence-electron chi connectivity index (χ3n) is 4.38. The molecule has 1 saturated carbocycles. The van der Waals surface area contributed by atoms with Crippen molar-refractivity contribution in [3.63, 3.8) is 0 Å². The van der Waals surface area contributed by atoms with E-state index in [-0.39, 0.29) is 0 Å². The summed E-state index contributed by atoms with van der Waals surface area (Å²) in [6.07, 6.45) is 3.90. The van der Waals surface area contributed by atoms with Crippen LogP contribution in [0, 0.1) is 0 Å². The molecule has 1 fully saturated rings. The molecule has 1 aromatic heterocycles. The van der Waals surface area contributed by atoms with Crippen LogP contribution in [0.4, 0.5) is 0 Å². The molecule has 0 atom stereocenters. The quantitative estimate of drug-likeness (QED) is 0.877. The number of nitrogens with one attached hydrogen (secondary N) is 1. The van der Waals surface area contributed by atoms with Crippen molar-refractivity contribution in [3.8, 4) is 0 Å². The van der Waals surface area contributed by atoms with Gasteiger partial charge in [-0.05, 0) is 19.9 Å². The number of nitrogens with zero attached hydrogens (tertiary/aromatic N) is 3. The predicted molar refractivity (Wildman–Crippen MR) is 77.4 cm³/mol. The molecule has 2 heterocycles. The summed E-state index contributed by atoms with van der Waals surface area (Å²) in [4.78, 5) is 7.38. The van der Waals surface area contributed by atoms with Gasteiger partial charge in [0, 0.05) is 50.3 Å². The molecule has 2 aliphatic rings. The van der Waals surface area contributed by atoms with Crippen LogP contribution >= 0.6 is 0 Å². The maximum absolute atomic E-state index is 4.87. The van der Waals surface area contributed by atoms with E-state index in [4.69, 9.17) is 4.98 Å². The molecule has 1 N–H and O–H groups in total. The van der Waals surface area contributed by atoms with Gasteiger partial charge in [-0.2, -0.15) is 0 Å². The first-order chi connectivity index (χ1) is 9.16. The molecule has 0 saturated heterocycles. The fourth-order valence-electron chi connectivity index (χ4n) is 3.04. The van der Waals surface area contributed by atoms with E-state index < -0.39 is 0 Å². The summed E-state index contributed by atoms with van der Waals surface area (Å²) in [6, 6.07) is 0.850. The van der Waals surface area contributed by atoms with Gasteiger partial charge in [0.1, 0.15) is 5.82 Å². The Hall–Kier alpha value is -0.870. The number of hydrogen-bond acceptors (Lipinski definition) is 3. The van der Waals surface area contributed by atoms with Crippen LogP contribution in [0.3, 0.4) is 0 Å². The van der Waals surface area contributed by atoms with Crippen molar-refractivity contribution < 1.29 is 0 Å². The average Bonchev–Trinajstić information content (AvgIpc) is 3.17. The van der Waals surface area contributed by atoms with Gasteiger partial charge < -0.3 is 14.8 Å². The summed E-state index contributed by atoms with van der Waals surface area (Å²) < 4.78 is 2.50. The molecule has 1 aliphatic heterocycles. The molecule has 0 bridgehead atoms. The van der Waals surface area contributed by atoms with Crippen molar-refractivity contribution in [3.05, 3.63) is 17.2 Å². The standard InChI is InChI=1S/C15H26N4/c1-11(2)15-17-13-10-16-7-6-14(13)19(15)9-8-18(3)12-4-5-12/h11-12,16H,4-10H2,1-3H3. The minimum atomic E-state index is 0.511. The van der Waals surface area contributed by atoms with Crippen molar-refractivity contribution in [1.82, 2.24) is 19.8 Å². The Kier molecular flexibility index (Phi) is 3.63. The Labute approximate surface area is 116 Å². The van der Waals surface area contributed by atoms with Gasteiger partial charge in [0.15, 0.2) is 0 Å². The van der Waals surface area contributed by atoms with Gasteiger partial charge in [-0.1, -0.05) is 13.8 Å². The Balaban J connectivity index is 1.78. The molecule has 1 aliphatic carbocycles. The number of hydrogen-bond donors (Lipinski definition) is 1. The van der Waals surface area contributed by atoms with E-state index in [0.717, 1.165) is 38.6 Å². The van der Waals surface area contributed by atoms with E-state index in [1.165, 1.54) is 30.1 Å². The van der Waals surface area contributed by atoms with Crippen molar-refractivity contribution in [2.24, 2.45) is 0 Å². The smallest absolute Gasteiger partial charge is 0.111 e. The van der Waals surface area contributed by atoms with Crippen molar-refractivity contribution in [1.29, 1.82) is 0 Å². The van der Waals surface area contributed by atoms with Crippen LogP contribution in [0.1, 0.15) is 49.8 Å². The fourth-order valence-corrected chi connectivity index (χ4v) is 3.04. The van der Waals surface area contributed by atoms with Gasteiger partial charge in [0.05, 0.1) is 5.69 Å². The summed E-state index contributed by atoms with van der Waals surface area (Å²) in [5.41, 5.74) is 2.76. The molecule has 4 nitrogen and oxygen atoms in total. The number of likely N-dealkylation sites (N-methyl/N-ethyl adjacent to an activating group) is 1. The molecule has 4 heteroatoms. The van der Waals surface area contributed by atoms with Gasteiger partial charge in [-0.25, -0.2) is 4.98 Å². The van der Waals surface area contributed by atoms with Crippen molar-refractivity contribution in [2.75, 3.05) is 20.1 Å². The Morgan fingerprint density at radius 2 is 2.21 bits per heavy atom. The lowest BCUT2D eigenvalue weighted by molar-refractivity contribution is 0.304. The molecule has 106 valence electrons. The fraction of sp³-hybridized carbons (Fsp3) is 0.800. The van der Waals surface area contributed by atoms with E-state index in [1.807, 2.05) is 0 Å². The zero-order valence-corrected chi connectivity index (χ0v) is 12.4. The van der Waals surface area contributed by atoms with E-state index in [1.54, 1.807) is 0 Å². The molecule has 0 radical (unpaired) electrons. The molecule has 0 amide bonds. The van der Waals surface area contributed by atoms with Crippen LogP contribution in [-0.2, 0) is 19.5 Å². The minimum absolute atomic E-state index is 0.511. The van der Waals surface area contributed by atoms with Crippen LogP contribution < -0.4 is 5.32 Å². The summed E-state index contributed by atoms with van der Waals surface area (Å²) in [5, 5.41) is 3.43. The third kappa shape index (κ3) is 2.70. The van der Waals surface area contributed by atoms with Crippen molar-refractivity contribution in [2.45, 2.75) is 58.2 Å². The molecular weight excluding hydrogens is 236 g/mol. The lowest BCUT2D eigenvalue weighted by Crippen LogP contribution is -2.29. The number of fused-ring (bicyclic) bond motifs is 1. The Morgan fingerprint density at radius 3 is 2.89 bits per heavy atom. The maximum Gasteiger partial charge on any atom is 0.111 e. The first-order valence-corrected chi connectivity index (χ1v) is 7.66. The number of imidazole rings is 1. The lowest BCUT2D eigenvalue weighted by Gasteiger charge is -2.21. The zero-order valence-electron chi connectivity index (χ0n) is 12.4. The van der Waals surface area contributed by atoms with E-state index >= 15 is 0 Å². The Morgan fingerprint density at radius 1 is 1.42 bits per heavy atom. The molecule has 3 rings (SSSR count). The monoisotopic (exact) mass is 262 g/mol. The molecule has 0 aromatic carbocycles. The lowest BCUT2D eigenvalue weighted by atomic mass is 10.2. The maximum atomic E-state index is 4.87. The first kappa shape index (κ1) is 13.1. The van der Waals surface area contributed by atoms with Gasteiger partial charge in [-0.15, -0.1) is 0 Å². The number of aromatic nitrogens is 2. The van der Waals surface area contributed by atoms with Gasteiger partial charge in [-0.3, -0.25) is 0 Å². The van der Waals surface area contributed by atoms with Crippen LogP contribution in [0.25, 0.3) is 0 Å². The Bertz CT molecular complexity index is 445. The van der Waals surface area contributed by atoms with E-state index in [2.05, 4.69) is 35.7 Å². The van der Waals surface area contributed by atoms with Crippen LogP contribution in [0.5, 0.6) is 0 Å². The predicted octanol–water partition coefficient (Wildman–Crippen LogP) is 1.75. The molecular formula is C15H26N4. The van der Waals surface area contributed by atoms with Crippen molar-refractivity contribution >= 4 is 0 Å². The molecule has 0 unspecified atom stereocenters. The molecule has 0 spiro atoms. The van der Waals surface area contributed by atoms with Gasteiger partial charge in [0.25, 0.3) is 0 Å². The molecule has 19 heavy (non-hydrogen) atoms. The van der Waals surface area contributed by atoms with Gasteiger partial charge >= 0.3 is 0 Å². The van der Waals surface area contributed by atoms with Crippen LogP contribution in [0.15, 0.2) is 0 Å². The summed E-state index contributed by atoms with van der Waals surface area (Å²) in [6.45, 7) is 8.79. The largest absolute Gasteiger partial charge is 0.330 e. The highest BCUT2D eigenvalue weighted by Gasteiger charge is 2.27. The average molecular weight is 262 g/mol. The minimum Gasteiger partial charge on any atom is -0.330 e. The highest BCUT2D eigenvalue weighted by molar-refractivity contribution is 5.21. The summed E-state index contributed by atoms with van der Waals surface area (Å²) in [5.74, 6) is 1.79. The topological polar surface area (TPSA) is 33.1 Å². The molecule has 1 aromatic rings. The SMILES string of the molecule is CC(C)c1nc2c(n1CCN(C)C1CC1)CCNC2. The second-order valence-electron chi connectivity index (χ2n) is 6.31. The second-order valence-corrected chi connectivity index (χ2v) is 6.31. The van der Waals surface area contributed by atoms with Crippen LogP contribution in [-0.4, -0.2) is 40.6 Å². The third-order valence-corrected chi connectivity index (χ3v) is 4.38. The highest BCUT2D eigenvalue weighted by Crippen LogP contribution is 2.26. The van der Waals surface area contributed by atoms with Crippen LogP contribution in [0.2, 0.25) is 0 Å². The van der Waals surface area contributed by atoms with E-state index in [9.17, 15) is 0 Å². The second kappa shape index (κ2) is 5.25. The van der Waals surface area contributed by atoms with E-state index in [0.29, 0.717) is 5.92 Å². The summed E-state index contributed by atoms with van der Waals surface area (Å²) >= 11 is 0. The zero-order chi connectivity index (χ0) is 13.4.